The van der Waals surface area contributed by atoms with Crippen molar-refractivity contribution in [3.8, 4) is 6.01 Å². The van der Waals surface area contributed by atoms with Gasteiger partial charge in [-0.1, -0.05) is 11.6 Å². The number of carbonyl (C=O) groups excluding carboxylic acids is 1. The number of ether oxygens (including phenoxy) is 2. The number of anilines is 1. The fraction of sp³-hybridized carbons (Fsp3) is 0.636. The maximum atomic E-state index is 12.7. The van der Waals surface area contributed by atoms with E-state index in [-0.39, 0.29) is 30.2 Å². The van der Waals surface area contributed by atoms with E-state index in [1.165, 1.54) is 0 Å². The normalized spacial score (nSPS) is 24.5. The van der Waals surface area contributed by atoms with E-state index in [9.17, 15) is 4.79 Å². The summed E-state index contributed by atoms with van der Waals surface area (Å²) in [4.78, 5) is 25.7. The van der Waals surface area contributed by atoms with Gasteiger partial charge in [0.05, 0.1) is 30.4 Å². The summed E-state index contributed by atoms with van der Waals surface area (Å²) < 4.78 is 13.5. The Morgan fingerprint density at radius 1 is 1.21 bits per heavy atom. The maximum Gasteiger partial charge on any atom is 0.410 e. The Hall–Kier alpha value is -2.59. The third-order valence-corrected chi connectivity index (χ3v) is 6.45. The molecule has 2 aromatic heterocycles. The minimum absolute atomic E-state index is 0.0893. The molecule has 2 saturated heterocycles. The zero-order valence-corrected chi connectivity index (χ0v) is 20.0. The van der Waals surface area contributed by atoms with Crippen molar-refractivity contribution < 1.29 is 14.3 Å². The van der Waals surface area contributed by atoms with Crippen LogP contribution in [0.15, 0.2) is 18.3 Å². The largest absolute Gasteiger partial charge is 0.462 e. The van der Waals surface area contributed by atoms with Gasteiger partial charge < -0.3 is 19.7 Å². The summed E-state index contributed by atoms with van der Waals surface area (Å²) in [7, 11) is 0. The second kappa shape index (κ2) is 8.64. The molecule has 10 nitrogen and oxygen atoms in total. The molecule has 3 aliphatic heterocycles. The molecule has 5 heterocycles. The van der Waals surface area contributed by atoms with Gasteiger partial charge >= 0.3 is 12.1 Å². The van der Waals surface area contributed by atoms with Crippen LogP contribution in [0.2, 0.25) is 5.15 Å². The SMILES string of the molecule is CC(C)(C)OC(=O)N1C2CCC1CN(c1cc(Cl)nc(OCC3Cn4nccc4CN3)n1)C2. The molecule has 2 fully saturated rings. The predicted molar refractivity (Wildman–Crippen MR) is 122 cm³/mol. The second-order valence-corrected chi connectivity index (χ2v) is 10.3. The van der Waals surface area contributed by atoms with Crippen molar-refractivity contribution in [2.75, 3.05) is 24.6 Å². The van der Waals surface area contributed by atoms with E-state index in [0.717, 1.165) is 37.4 Å². The number of piperazine rings is 1. The number of rotatable bonds is 4. The molecule has 2 bridgehead atoms. The monoisotopic (exact) mass is 475 g/mol. The van der Waals surface area contributed by atoms with Crippen LogP contribution in [-0.4, -0.2) is 74.2 Å². The van der Waals surface area contributed by atoms with Crippen molar-refractivity contribution >= 4 is 23.5 Å². The van der Waals surface area contributed by atoms with E-state index in [4.69, 9.17) is 21.1 Å². The van der Waals surface area contributed by atoms with Crippen molar-refractivity contribution in [3.05, 3.63) is 29.2 Å². The maximum absolute atomic E-state index is 12.7. The van der Waals surface area contributed by atoms with E-state index >= 15 is 0 Å². The molecular formula is C22H30ClN7O3. The second-order valence-electron chi connectivity index (χ2n) is 9.90. The number of amides is 1. The number of fused-ring (bicyclic) bond motifs is 3. The molecule has 1 amide bonds. The van der Waals surface area contributed by atoms with Gasteiger partial charge in [0.1, 0.15) is 23.2 Å². The van der Waals surface area contributed by atoms with Gasteiger partial charge in [0.15, 0.2) is 0 Å². The Kier molecular flexibility index (Phi) is 5.82. The van der Waals surface area contributed by atoms with Crippen LogP contribution >= 0.6 is 11.6 Å². The Morgan fingerprint density at radius 2 is 1.97 bits per heavy atom. The van der Waals surface area contributed by atoms with Gasteiger partial charge in [0.2, 0.25) is 0 Å². The van der Waals surface area contributed by atoms with Gasteiger partial charge in [-0.25, -0.2) is 4.79 Å². The standard InChI is InChI=1S/C22H30ClN7O3/c1-22(2,3)33-21(31)30-16-4-5-17(30)12-28(11-16)19-8-18(23)26-20(27-19)32-13-14-10-29-15(9-24-14)6-7-25-29/h6-8,14,16-17,24H,4-5,9-13H2,1-3H3. The first-order chi connectivity index (χ1) is 15.7. The molecule has 3 unspecified atom stereocenters. The molecule has 3 aliphatic rings. The summed E-state index contributed by atoms with van der Waals surface area (Å²) in [6.45, 7) is 8.92. The van der Waals surface area contributed by atoms with Gasteiger partial charge in [-0.3, -0.25) is 9.58 Å². The molecule has 178 valence electrons. The van der Waals surface area contributed by atoms with Crippen LogP contribution in [0.5, 0.6) is 6.01 Å². The minimum atomic E-state index is -0.508. The lowest BCUT2D eigenvalue weighted by Gasteiger charge is -2.41. The molecule has 2 aromatic rings. The first kappa shape index (κ1) is 22.2. The number of halogens is 1. The predicted octanol–water partition coefficient (Wildman–Crippen LogP) is 2.47. The van der Waals surface area contributed by atoms with Crippen LogP contribution in [0.4, 0.5) is 10.6 Å². The van der Waals surface area contributed by atoms with Gasteiger partial charge in [-0.05, 0) is 39.7 Å². The fourth-order valence-corrected chi connectivity index (χ4v) is 4.97. The number of aromatic nitrogens is 4. The highest BCUT2D eigenvalue weighted by Gasteiger charge is 2.44. The van der Waals surface area contributed by atoms with E-state index < -0.39 is 5.60 Å². The van der Waals surface area contributed by atoms with Crippen LogP contribution in [0.25, 0.3) is 0 Å². The summed E-state index contributed by atoms with van der Waals surface area (Å²) in [6.07, 6.45) is 3.47. The molecule has 11 heteroatoms. The molecule has 1 N–H and O–H groups in total. The minimum Gasteiger partial charge on any atom is -0.462 e. The number of hydrogen-bond acceptors (Lipinski definition) is 8. The van der Waals surface area contributed by atoms with E-state index in [2.05, 4.69) is 25.3 Å². The summed E-state index contributed by atoms with van der Waals surface area (Å²) in [5.74, 6) is 0.719. The molecule has 0 aromatic carbocycles. The fourth-order valence-electron chi connectivity index (χ4n) is 4.80. The topological polar surface area (TPSA) is 97.6 Å². The van der Waals surface area contributed by atoms with Gasteiger partial charge in [-0.15, -0.1) is 0 Å². The summed E-state index contributed by atoms with van der Waals surface area (Å²) in [5, 5.41) is 8.11. The molecule has 0 radical (unpaired) electrons. The zero-order chi connectivity index (χ0) is 23.2. The van der Waals surface area contributed by atoms with Gasteiger partial charge in [0, 0.05) is 31.9 Å². The lowest BCUT2D eigenvalue weighted by atomic mass is 10.2. The summed E-state index contributed by atoms with van der Waals surface area (Å²) >= 11 is 6.31. The van der Waals surface area contributed by atoms with Gasteiger partial charge in [0.25, 0.3) is 0 Å². The molecule has 0 spiro atoms. The van der Waals surface area contributed by atoms with E-state index in [1.807, 2.05) is 42.6 Å². The summed E-state index contributed by atoms with van der Waals surface area (Å²) in [5.41, 5.74) is 0.652. The van der Waals surface area contributed by atoms with Crippen LogP contribution in [0, 0.1) is 0 Å². The van der Waals surface area contributed by atoms with Crippen molar-refractivity contribution in [1.29, 1.82) is 0 Å². The van der Waals surface area contributed by atoms with E-state index in [0.29, 0.717) is 24.8 Å². The molecule has 5 rings (SSSR count). The highest BCUT2D eigenvalue weighted by molar-refractivity contribution is 6.29. The highest BCUT2D eigenvalue weighted by Crippen LogP contribution is 2.34. The molecule has 0 aliphatic carbocycles. The Balaban J connectivity index is 1.23. The molecule has 0 saturated carbocycles. The lowest BCUT2D eigenvalue weighted by molar-refractivity contribution is 0.0122. The smallest absolute Gasteiger partial charge is 0.410 e. The van der Waals surface area contributed by atoms with Crippen LogP contribution in [0.3, 0.4) is 0 Å². The van der Waals surface area contributed by atoms with Crippen LogP contribution in [-0.2, 0) is 17.8 Å². The Morgan fingerprint density at radius 3 is 2.70 bits per heavy atom. The number of nitrogens with one attached hydrogen (secondary N) is 1. The molecule has 33 heavy (non-hydrogen) atoms. The molecular weight excluding hydrogens is 446 g/mol. The average molecular weight is 476 g/mol. The average Bonchev–Trinajstić information content (AvgIpc) is 3.32. The van der Waals surface area contributed by atoms with Crippen molar-refractivity contribution in [2.24, 2.45) is 0 Å². The highest BCUT2D eigenvalue weighted by atomic mass is 35.5. The Bertz CT molecular complexity index is 1010. The first-order valence-corrected chi connectivity index (χ1v) is 11.8. The van der Waals surface area contributed by atoms with Crippen molar-refractivity contribution in [2.45, 2.75) is 70.4 Å². The van der Waals surface area contributed by atoms with Crippen LogP contribution in [0.1, 0.15) is 39.3 Å². The Labute approximate surface area is 198 Å². The van der Waals surface area contributed by atoms with E-state index in [1.54, 1.807) is 6.07 Å². The third-order valence-electron chi connectivity index (χ3n) is 6.25. The molecule has 3 atom stereocenters. The number of nitrogens with zero attached hydrogens (tertiary/aromatic N) is 6. The van der Waals surface area contributed by atoms with Crippen molar-refractivity contribution in [1.82, 2.24) is 30.0 Å². The number of carbonyl (C=O) groups is 1. The quantitative estimate of drug-likeness (QED) is 0.673. The first-order valence-electron chi connectivity index (χ1n) is 11.4. The zero-order valence-electron chi connectivity index (χ0n) is 19.2. The summed E-state index contributed by atoms with van der Waals surface area (Å²) in [6, 6.07) is 4.31. The van der Waals surface area contributed by atoms with Crippen LogP contribution < -0.4 is 15.0 Å². The third kappa shape index (κ3) is 4.86. The lowest BCUT2D eigenvalue weighted by Crippen LogP contribution is -2.57. The van der Waals surface area contributed by atoms with Crippen molar-refractivity contribution in [3.63, 3.8) is 0 Å². The van der Waals surface area contributed by atoms with Gasteiger partial charge in [-0.2, -0.15) is 15.1 Å². The number of hydrogen-bond donors (Lipinski definition) is 1.